The summed E-state index contributed by atoms with van der Waals surface area (Å²) in [6.07, 6.45) is 12.6. The van der Waals surface area contributed by atoms with Crippen LogP contribution in [0.3, 0.4) is 0 Å². The highest BCUT2D eigenvalue weighted by atomic mass is 16.5. The Morgan fingerprint density at radius 1 is 1.19 bits per heavy atom. The molecule has 0 atom stereocenters. The molecule has 0 heterocycles. The SMILES string of the molecule is C.C/C=C(CC)\N=C(/C)C1=CC(C)=C(C(CCC)(CCC)COC)CC1. The molecule has 0 spiro atoms. The molecule has 1 aliphatic carbocycles. The molecule has 0 radical (unpaired) electrons. The third-order valence-electron chi connectivity index (χ3n) is 5.50. The lowest BCUT2D eigenvalue weighted by atomic mass is 9.68. The molecule has 2 heteroatoms. The standard InChI is InChI=1S/C23H39NO.CH4/c1-8-14-23(15-9-2,17-25-7)22-13-12-20(16-18(22)5)19(6)24-21(10-3)11-4;/h10,16H,8-9,11-15,17H2,1-7H3;1H4/b21-10-,24-19+;. The van der Waals surface area contributed by atoms with Crippen molar-refractivity contribution in [3.63, 3.8) is 0 Å². The molecule has 0 aromatic carbocycles. The van der Waals surface area contributed by atoms with Gasteiger partial charge >= 0.3 is 0 Å². The second-order valence-corrected chi connectivity index (χ2v) is 7.38. The van der Waals surface area contributed by atoms with Crippen LogP contribution in [0.4, 0.5) is 0 Å². The van der Waals surface area contributed by atoms with E-state index in [9.17, 15) is 0 Å². The summed E-state index contributed by atoms with van der Waals surface area (Å²) in [5, 5.41) is 0. The van der Waals surface area contributed by atoms with Crippen LogP contribution in [-0.2, 0) is 4.74 Å². The summed E-state index contributed by atoms with van der Waals surface area (Å²) in [5.74, 6) is 0. The van der Waals surface area contributed by atoms with Crippen molar-refractivity contribution in [3.05, 3.63) is 34.6 Å². The fraction of sp³-hybridized carbons (Fsp3) is 0.708. The summed E-state index contributed by atoms with van der Waals surface area (Å²) in [4.78, 5) is 4.83. The van der Waals surface area contributed by atoms with Gasteiger partial charge in [0.05, 0.1) is 6.61 Å². The number of nitrogens with zero attached hydrogens (tertiary/aromatic N) is 1. The first-order chi connectivity index (χ1) is 12.0. The number of hydrogen-bond acceptors (Lipinski definition) is 2. The lowest BCUT2D eigenvalue weighted by Crippen LogP contribution is -2.31. The van der Waals surface area contributed by atoms with Crippen molar-refractivity contribution in [3.8, 4) is 0 Å². The Labute approximate surface area is 163 Å². The molecule has 0 fully saturated rings. The van der Waals surface area contributed by atoms with Crippen molar-refractivity contribution in [1.82, 2.24) is 0 Å². The zero-order valence-electron chi connectivity index (χ0n) is 17.7. The minimum absolute atomic E-state index is 0. The topological polar surface area (TPSA) is 21.6 Å². The third kappa shape index (κ3) is 6.23. The first-order valence-electron chi connectivity index (χ1n) is 10.1. The van der Waals surface area contributed by atoms with Crippen LogP contribution in [0.1, 0.15) is 93.9 Å². The number of allylic oxidation sites excluding steroid dienone is 5. The van der Waals surface area contributed by atoms with E-state index < -0.39 is 0 Å². The third-order valence-corrected chi connectivity index (χ3v) is 5.50. The van der Waals surface area contributed by atoms with Gasteiger partial charge in [-0.05, 0) is 58.4 Å². The van der Waals surface area contributed by atoms with E-state index in [1.54, 1.807) is 5.57 Å². The van der Waals surface area contributed by atoms with Gasteiger partial charge in [0, 0.05) is 23.9 Å². The summed E-state index contributed by atoms with van der Waals surface area (Å²) in [7, 11) is 1.85. The molecule has 0 saturated carbocycles. The van der Waals surface area contributed by atoms with Crippen molar-refractivity contribution < 1.29 is 4.74 Å². The molecule has 2 nitrogen and oxygen atoms in total. The van der Waals surface area contributed by atoms with E-state index in [2.05, 4.69) is 53.7 Å². The number of methoxy groups -OCH3 is 1. The lowest BCUT2D eigenvalue weighted by molar-refractivity contribution is 0.0863. The smallest absolute Gasteiger partial charge is 0.0556 e. The minimum atomic E-state index is 0. The maximum Gasteiger partial charge on any atom is 0.0556 e. The van der Waals surface area contributed by atoms with E-state index >= 15 is 0 Å². The van der Waals surface area contributed by atoms with Crippen LogP contribution in [0.15, 0.2) is 39.6 Å². The van der Waals surface area contributed by atoms with Crippen LogP contribution in [0.5, 0.6) is 0 Å². The molecule has 0 N–H and O–H groups in total. The van der Waals surface area contributed by atoms with E-state index in [1.165, 1.54) is 48.2 Å². The molecule has 150 valence electrons. The Balaban J connectivity index is 0.00000625. The molecule has 1 rings (SSSR count). The number of aliphatic imine (C=N–C) groups is 1. The van der Waals surface area contributed by atoms with E-state index in [1.807, 2.05) is 7.11 Å². The molecule has 0 aliphatic heterocycles. The van der Waals surface area contributed by atoms with Crippen LogP contribution < -0.4 is 0 Å². The second kappa shape index (κ2) is 12.3. The highest BCUT2D eigenvalue weighted by Crippen LogP contribution is 2.44. The Morgan fingerprint density at radius 3 is 2.23 bits per heavy atom. The first kappa shape index (κ1) is 24.8. The summed E-state index contributed by atoms with van der Waals surface area (Å²) >= 11 is 0. The van der Waals surface area contributed by atoms with E-state index in [0.29, 0.717) is 0 Å². The van der Waals surface area contributed by atoms with Crippen LogP contribution in [0.25, 0.3) is 0 Å². The summed E-state index contributed by atoms with van der Waals surface area (Å²) in [6.45, 7) is 14.1. The van der Waals surface area contributed by atoms with Gasteiger partial charge in [0.2, 0.25) is 0 Å². The normalized spacial score (nSPS) is 16.5. The molecule has 1 aliphatic rings. The highest BCUT2D eigenvalue weighted by molar-refractivity contribution is 5.99. The number of ether oxygens (including phenoxy) is 1. The van der Waals surface area contributed by atoms with Crippen LogP contribution >= 0.6 is 0 Å². The average molecular weight is 362 g/mol. The van der Waals surface area contributed by atoms with Gasteiger partial charge in [0.25, 0.3) is 0 Å². The van der Waals surface area contributed by atoms with Gasteiger partial charge < -0.3 is 4.74 Å². The minimum Gasteiger partial charge on any atom is -0.384 e. The molecule has 26 heavy (non-hydrogen) atoms. The molecule has 0 amide bonds. The Bertz CT molecular complexity index is 532. The van der Waals surface area contributed by atoms with Crippen LogP contribution in [0, 0.1) is 5.41 Å². The van der Waals surface area contributed by atoms with E-state index in [0.717, 1.165) is 25.9 Å². The van der Waals surface area contributed by atoms with Gasteiger partial charge in [0.15, 0.2) is 0 Å². The van der Waals surface area contributed by atoms with Gasteiger partial charge in [-0.15, -0.1) is 0 Å². The largest absolute Gasteiger partial charge is 0.384 e. The molecule has 0 bridgehead atoms. The fourth-order valence-electron chi connectivity index (χ4n) is 4.37. The van der Waals surface area contributed by atoms with Crippen molar-refractivity contribution in [2.75, 3.05) is 13.7 Å². The molecule has 0 unspecified atom stereocenters. The van der Waals surface area contributed by atoms with Crippen LogP contribution in [-0.4, -0.2) is 19.4 Å². The molecule has 0 saturated heterocycles. The predicted molar refractivity (Wildman–Crippen MR) is 118 cm³/mol. The van der Waals surface area contributed by atoms with Gasteiger partial charge in [-0.3, -0.25) is 4.99 Å². The Hall–Kier alpha value is -1.15. The highest BCUT2D eigenvalue weighted by Gasteiger charge is 2.34. The van der Waals surface area contributed by atoms with Gasteiger partial charge in [-0.25, -0.2) is 0 Å². The lowest BCUT2D eigenvalue weighted by Gasteiger charge is -2.38. The quantitative estimate of drug-likeness (QED) is 0.366. The Kier molecular flexibility index (Phi) is 11.7. The number of rotatable bonds is 10. The zero-order valence-corrected chi connectivity index (χ0v) is 17.7. The van der Waals surface area contributed by atoms with E-state index in [-0.39, 0.29) is 12.8 Å². The van der Waals surface area contributed by atoms with Crippen molar-refractivity contribution in [2.24, 2.45) is 10.4 Å². The molecular weight excluding hydrogens is 318 g/mol. The Morgan fingerprint density at radius 2 is 1.81 bits per heavy atom. The molecule has 0 aromatic rings. The van der Waals surface area contributed by atoms with Crippen LogP contribution in [0.2, 0.25) is 0 Å². The molecular formula is C24H43NO. The van der Waals surface area contributed by atoms with Gasteiger partial charge in [-0.1, -0.05) is 64.3 Å². The predicted octanol–water partition coefficient (Wildman–Crippen LogP) is 7.67. The first-order valence-corrected chi connectivity index (χ1v) is 10.1. The maximum atomic E-state index is 5.68. The van der Waals surface area contributed by atoms with Crippen molar-refractivity contribution in [1.29, 1.82) is 0 Å². The molecule has 0 aromatic heterocycles. The summed E-state index contributed by atoms with van der Waals surface area (Å²) < 4.78 is 5.68. The van der Waals surface area contributed by atoms with Gasteiger partial charge in [-0.2, -0.15) is 0 Å². The summed E-state index contributed by atoms with van der Waals surface area (Å²) in [5.41, 5.74) is 7.03. The van der Waals surface area contributed by atoms with Crippen molar-refractivity contribution in [2.45, 2.75) is 93.9 Å². The van der Waals surface area contributed by atoms with Crippen molar-refractivity contribution >= 4 is 5.71 Å². The number of hydrogen-bond donors (Lipinski definition) is 0. The maximum absolute atomic E-state index is 5.68. The van der Waals surface area contributed by atoms with Gasteiger partial charge in [0.1, 0.15) is 0 Å². The summed E-state index contributed by atoms with van der Waals surface area (Å²) in [6, 6.07) is 0. The van der Waals surface area contributed by atoms with E-state index in [4.69, 9.17) is 9.73 Å². The average Bonchev–Trinajstić information content (AvgIpc) is 2.59. The second-order valence-electron chi connectivity index (χ2n) is 7.38. The monoisotopic (exact) mass is 361 g/mol. The fourth-order valence-corrected chi connectivity index (χ4v) is 4.37. The zero-order chi connectivity index (χ0) is 18.9.